The van der Waals surface area contributed by atoms with Crippen LogP contribution < -0.4 is 5.32 Å². The third-order valence-electron chi connectivity index (χ3n) is 5.12. The number of aryl methyl sites for hydroxylation is 1. The molecule has 1 aromatic heterocycles. The van der Waals surface area contributed by atoms with Crippen LogP contribution in [-0.4, -0.2) is 16.8 Å². The SMILES string of the molecule is O=C1NC(=O)C2(CCCCCc3nc4ccccc4s3)C=CC=CC12. The van der Waals surface area contributed by atoms with Gasteiger partial charge in [-0.3, -0.25) is 14.9 Å². The number of amides is 2. The molecule has 128 valence electrons. The minimum absolute atomic E-state index is 0.144. The van der Waals surface area contributed by atoms with Gasteiger partial charge in [-0.2, -0.15) is 0 Å². The van der Waals surface area contributed by atoms with E-state index in [-0.39, 0.29) is 17.7 Å². The Morgan fingerprint density at radius 1 is 1.12 bits per heavy atom. The van der Waals surface area contributed by atoms with Crippen molar-refractivity contribution in [3.63, 3.8) is 0 Å². The Balaban J connectivity index is 1.32. The molecule has 2 atom stereocenters. The molecule has 1 fully saturated rings. The number of allylic oxidation sites excluding steroid dienone is 2. The van der Waals surface area contributed by atoms with E-state index >= 15 is 0 Å². The second-order valence-corrected chi connectivity index (χ2v) is 7.83. The van der Waals surface area contributed by atoms with Crippen LogP contribution in [0.5, 0.6) is 0 Å². The number of fused-ring (bicyclic) bond motifs is 2. The van der Waals surface area contributed by atoms with Crippen molar-refractivity contribution in [1.82, 2.24) is 10.3 Å². The van der Waals surface area contributed by atoms with Gasteiger partial charge in [-0.25, -0.2) is 4.98 Å². The largest absolute Gasteiger partial charge is 0.295 e. The highest BCUT2D eigenvalue weighted by Gasteiger charge is 2.52. The van der Waals surface area contributed by atoms with Gasteiger partial charge in [0.25, 0.3) is 0 Å². The zero-order valence-electron chi connectivity index (χ0n) is 13.9. The zero-order valence-corrected chi connectivity index (χ0v) is 14.7. The predicted molar refractivity (Wildman–Crippen MR) is 99.1 cm³/mol. The fourth-order valence-electron chi connectivity index (χ4n) is 3.77. The summed E-state index contributed by atoms with van der Waals surface area (Å²) in [5, 5.41) is 3.67. The molecule has 1 aromatic carbocycles. The highest BCUT2D eigenvalue weighted by atomic mass is 32.1. The van der Waals surface area contributed by atoms with Gasteiger partial charge in [0.2, 0.25) is 11.8 Å². The van der Waals surface area contributed by atoms with E-state index in [2.05, 4.69) is 16.4 Å². The van der Waals surface area contributed by atoms with Crippen molar-refractivity contribution in [3.05, 3.63) is 53.6 Å². The number of para-hydroxylation sites is 1. The lowest BCUT2D eigenvalue weighted by atomic mass is 9.71. The van der Waals surface area contributed by atoms with Gasteiger partial charge in [0.1, 0.15) is 0 Å². The molecule has 2 unspecified atom stereocenters. The third-order valence-corrected chi connectivity index (χ3v) is 6.22. The second-order valence-electron chi connectivity index (χ2n) is 6.72. The quantitative estimate of drug-likeness (QED) is 0.636. The Labute approximate surface area is 150 Å². The summed E-state index contributed by atoms with van der Waals surface area (Å²) in [7, 11) is 0. The van der Waals surface area contributed by atoms with Crippen molar-refractivity contribution in [3.8, 4) is 0 Å². The molecule has 2 amide bonds. The number of thiazole rings is 1. The lowest BCUT2D eigenvalue weighted by molar-refractivity contribution is -0.127. The standard InChI is InChI=1S/C20H20N2O2S/c23-18-14-8-5-7-13-20(14,19(24)22-18)12-6-1-2-11-17-21-15-9-3-4-10-16(15)25-17/h3-5,7-10,13-14H,1-2,6,11-12H2,(H,22,23,24). The van der Waals surface area contributed by atoms with E-state index in [1.807, 2.05) is 42.5 Å². The van der Waals surface area contributed by atoms with Crippen LogP contribution in [0.25, 0.3) is 10.2 Å². The van der Waals surface area contributed by atoms with E-state index in [0.29, 0.717) is 0 Å². The van der Waals surface area contributed by atoms with E-state index in [1.165, 1.54) is 9.71 Å². The van der Waals surface area contributed by atoms with E-state index in [4.69, 9.17) is 0 Å². The first-order valence-electron chi connectivity index (χ1n) is 8.75. The van der Waals surface area contributed by atoms with Crippen LogP contribution in [0.2, 0.25) is 0 Å². The van der Waals surface area contributed by atoms with E-state index in [0.717, 1.165) is 37.6 Å². The van der Waals surface area contributed by atoms with Crippen molar-refractivity contribution >= 4 is 33.4 Å². The first kappa shape index (κ1) is 16.2. The normalized spacial score (nSPS) is 24.7. The Hall–Kier alpha value is -2.27. The summed E-state index contributed by atoms with van der Waals surface area (Å²) >= 11 is 1.76. The molecule has 0 saturated carbocycles. The van der Waals surface area contributed by atoms with Crippen molar-refractivity contribution in [2.24, 2.45) is 11.3 Å². The van der Waals surface area contributed by atoms with Crippen LogP contribution in [0, 0.1) is 11.3 Å². The van der Waals surface area contributed by atoms with Crippen LogP contribution in [0.15, 0.2) is 48.6 Å². The fourth-order valence-corrected chi connectivity index (χ4v) is 4.78. The van der Waals surface area contributed by atoms with E-state index < -0.39 is 5.41 Å². The molecule has 4 nitrogen and oxygen atoms in total. The van der Waals surface area contributed by atoms with Crippen molar-refractivity contribution in [2.75, 3.05) is 0 Å². The average Bonchev–Trinajstić information content (AvgIpc) is 3.14. The number of rotatable bonds is 6. The molecular weight excluding hydrogens is 332 g/mol. The summed E-state index contributed by atoms with van der Waals surface area (Å²) in [6.07, 6.45) is 12.2. The molecule has 2 aromatic rings. The number of nitrogens with one attached hydrogen (secondary N) is 1. The summed E-state index contributed by atoms with van der Waals surface area (Å²) in [5.41, 5.74) is 0.409. The molecule has 2 aliphatic rings. The van der Waals surface area contributed by atoms with Crippen LogP contribution in [0.3, 0.4) is 0 Å². The van der Waals surface area contributed by atoms with Gasteiger partial charge >= 0.3 is 0 Å². The number of imide groups is 1. The molecular formula is C20H20N2O2S. The number of hydrogen-bond acceptors (Lipinski definition) is 4. The zero-order chi connectivity index (χ0) is 17.3. The van der Waals surface area contributed by atoms with Gasteiger partial charge in [0.15, 0.2) is 0 Å². The van der Waals surface area contributed by atoms with Gasteiger partial charge in [0.05, 0.1) is 26.6 Å². The van der Waals surface area contributed by atoms with Crippen molar-refractivity contribution in [2.45, 2.75) is 32.1 Å². The minimum Gasteiger partial charge on any atom is -0.295 e. The molecule has 0 bridgehead atoms. The summed E-state index contributed by atoms with van der Waals surface area (Å²) in [4.78, 5) is 28.9. The maximum Gasteiger partial charge on any atom is 0.237 e. The lowest BCUT2D eigenvalue weighted by Gasteiger charge is -2.28. The first-order valence-corrected chi connectivity index (χ1v) is 9.56. The number of carbonyl (C=O) groups excluding carboxylic acids is 2. The number of benzene rings is 1. The summed E-state index contributed by atoms with van der Waals surface area (Å²) in [6, 6.07) is 8.21. The van der Waals surface area contributed by atoms with Gasteiger partial charge in [0, 0.05) is 0 Å². The maximum atomic E-state index is 12.3. The van der Waals surface area contributed by atoms with Crippen molar-refractivity contribution < 1.29 is 9.59 Å². The number of hydrogen-bond donors (Lipinski definition) is 1. The minimum atomic E-state index is -0.665. The fraction of sp³-hybridized carbons (Fsp3) is 0.350. The molecule has 1 aliphatic carbocycles. The summed E-state index contributed by atoms with van der Waals surface area (Å²) < 4.78 is 1.24. The average molecular weight is 352 g/mol. The predicted octanol–water partition coefficient (Wildman–Crippen LogP) is 3.78. The first-order chi connectivity index (χ1) is 12.2. The molecule has 5 heteroatoms. The molecule has 1 N–H and O–H groups in total. The molecule has 0 spiro atoms. The van der Waals surface area contributed by atoms with E-state index in [1.54, 1.807) is 11.3 Å². The number of aromatic nitrogens is 1. The molecule has 4 rings (SSSR count). The molecule has 1 aliphatic heterocycles. The van der Waals surface area contributed by atoms with Crippen LogP contribution in [0.4, 0.5) is 0 Å². The van der Waals surface area contributed by atoms with Crippen LogP contribution in [-0.2, 0) is 16.0 Å². The lowest BCUT2D eigenvalue weighted by Crippen LogP contribution is -2.33. The van der Waals surface area contributed by atoms with Crippen molar-refractivity contribution in [1.29, 1.82) is 0 Å². The Morgan fingerprint density at radius 3 is 2.88 bits per heavy atom. The summed E-state index contributed by atoms with van der Waals surface area (Å²) in [5.74, 6) is -0.649. The highest BCUT2D eigenvalue weighted by molar-refractivity contribution is 7.18. The molecule has 25 heavy (non-hydrogen) atoms. The monoisotopic (exact) mass is 352 g/mol. The summed E-state index contributed by atoms with van der Waals surface area (Å²) in [6.45, 7) is 0. The number of unbranched alkanes of at least 4 members (excludes halogenated alkanes) is 2. The number of nitrogens with zero attached hydrogens (tertiary/aromatic N) is 1. The Kier molecular flexibility index (Phi) is 4.25. The maximum absolute atomic E-state index is 12.3. The molecule has 1 saturated heterocycles. The Bertz CT molecular complexity index is 850. The van der Waals surface area contributed by atoms with Crippen LogP contribution >= 0.6 is 11.3 Å². The Morgan fingerprint density at radius 2 is 2.00 bits per heavy atom. The van der Waals surface area contributed by atoms with Gasteiger partial charge < -0.3 is 0 Å². The number of carbonyl (C=O) groups is 2. The topological polar surface area (TPSA) is 59.1 Å². The molecule has 2 heterocycles. The molecule has 0 radical (unpaired) electrons. The highest BCUT2D eigenvalue weighted by Crippen LogP contribution is 2.42. The second kappa shape index (κ2) is 6.56. The smallest absolute Gasteiger partial charge is 0.237 e. The van der Waals surface area contributed by atoms with E-state index in [9.17, 15) is 9.59 Å². The van der Waals surface area contributed by atoms with Gasteiger partial charge in [-0.15, -0.1) is 11.3 Å². The van der Waals surface area contributed by atoms with Crippen LogP contribution in [0.1, 0.15) is 30.7 Å². The van der Waals surface area contributed by atoms with Gasteiger partial charge in [-0.1, -0.05) is 49.3 Å². The van der Waals surface area contributed by atoms with Gasteiger partial charge in [-0.05, 0) is 31.4 Å². The third kappa shape index (κ3) is 2.93.